The number of likely N-dealkylation sites (N-methyl/N-ethyl adjacent to an activating group) is 1. The van der Waals surface area contributed by atoms with Crippen molar-refractivity contribution in [2.24, 2.45) is 0 Å². The van der Waals surface area contributed by atoms with Crippen LogP contribution in [0.1, 0.15) is 19.7 Å². The van der Waals surface area contributed by atoms with Crippen LogP contribution in [0.15, 0.2) is 41.2 Å². The van der Waals surface area contributed by atoms with E-state index in [-0.39, 0.29) is 17.5 Å². The number of fused-ring (bicyclic) bond motifs is 1. The molecule has 0 fully saturated rings. The minimum atomic E-state index is -0.136. The summed E-state index contributed by atoms with van der Waals surface area (Å²) >= 11 is 1.51. The van der Waals surface area contributed by atoms with E-state index in [0.717, 1.165) is 20.2 Å². The third-order valence-corrected chi connectivity index (χ3v) is 4.97. The third kappa shape index (κ3) is 4.36. The molecule has 7 heteroatoms. The van der Waals surface area contributed by atoms with Crippen molar-refractivity contribution in [3.63, 3.8) is 0 Å². The summed E-state index contributed by atoms with van der Waals surface area (Å²) in [6, 6.07) is 12.0. The Morgan fingerprint density at radius 1 is 1.31 bits per heavy atom. The Hall–Kier alpha value is -2.51. The molecular formula is C19H23N4O2S+. The molecule has 0 saturated heterocycles. The third-order valence-electron chi connectivity index (χ3n) is 3.89. The predicted molar refractivity (Wildman–Crippen MR) is 104 cm³/mol. The van der Waals surface area contributed by atoms with E-state index in [9.17, 15) is 9.59 Å². The number of rotatable bonds is 6. The number of carbonyl (C=O) groups is 1. The van der Waals surface area contributed by atoms with Crippen molar-refractivity contribution in [2.75, 3.05) is 13.6 Å². The van der Waals surface area contributed by atoms with Gasteiger partial charge in [-0.05, 0) is 25.5 Å². The average molecular weight is 371 g/mol. The second-order valence-corrected chi connectivity index (χ2v) is 7.77. The molecule has 0 bridgehead atoms. The highest BCUT2D eigenvalue weighted by Crippen LogP contribution is 2.30. The Morgan fingerprint density at radius 2 is 2.04 bits per heavy atom. The van der Waals surface area contributed by atoms with Crippen molar-refractivity contribution in [1.29, 1.82) is 0 Å². The maximum Gasteiger partial charge on any atom is 0.275 e. The maximum absolute atomic E-state index is 12.4. The van der Waals surface area contributed by atoms with Gasteiger partial charge in [0.1, 0.15) is 11.4 Å². The first kappa shape index (κ1) is 18.3. The van der Waals surface area contributed by atoms with Crippen molar-refractivity contribution in [2.45, 2.75) is 26.4 Å². The highest BCUT2D eigenvalue weighted by molar-refractivity contribution is 7.21. The summed E-state index contributed by atoms with van der Waals surface area (Å²) in [5.41, 5.74) is 0.937. The van der Waals surface area contributed by atoms with Crippen LogP contribution in [-0.4, -0.2) is 35.5 Å². The zero-order chi connectivity index (χ0) is 18.7. The second kappa shape index (κ2) is 7.80. The quantitative estimate of drug-likeness (QED) is 0.609. The number of aromatic nitrogens is 2. The van der Waals surface area contributed by atoms with Crippen molar-refractivity contribution in [1.82, 2.24) is 15.3 Å². The van der Waals surface area contributed by atoms with Gasteiger partial charge in [0, 0.05) is 10.9 Å². The van der Waals surface area contributed by atoms with Gasteiger partial charge in [-0.15, -0.1) is 11.3 Å². The molecule has 3 N–H and O–H groups in total. The fourth-order valence-electron chi connectivity index (χ4n) is 2.80. The maximum atomic E-state index is 12.4. The molecule has 0 aliphatic heterocycles. The standard InChI is InChI=1S/C19H22N4O2S/c1-12(2)20-17(24)11-23(3)10-16-21-18(25)14-9-15(26-19(14)22-16)13-7-5-4-6-8-13/h4-9,12H,10-11H2,1-3H3,(H,20,24)(H,21,22,25)/p+1. The van der Waals surface area contributed by atoms with Crippen LogP contribution in [0.3, 0.4) is 0 Å². The molecule has 1 amide bonds. The summed E-state index contributed by atoms with van der Waals surface area (Å²) in [5, 5.41) is 3.48. The van der Waals surface area contributed by atoms with Crippen LogP contribution in [0.25, 0.3) is 20.7 Å². The topological polar surface area (TPSA) is 79.3 Å². The first-order valence-corrected chi connectivity index (χ1v) is 9.43. The molecule has 6 nitrogen and oxygen atoms in total. The van der Waals surface area contributed by atoms with Gasteiger partial charge < -0.3 is 15.2 Å². The van der Waals surface area contributed by atoms with Crippen LogP contribution in [0.5, 0.6) is 0 Å². The van der Waals surface area contributed by atoms with Gasteiger partial charge in [-0.3, -0.25) is 9.59 Å². The van der Waals surface area contributed by atoms with Gasteiger partial charge in [-0.2, -0.15) is 0 Å². The molecule has 0 radical (unpaired) electrons. The predicted octanol–water partition coefficient (Wildman–Crippen LogP) is 1.19. The number of nitrogens with one attached hydrogen (secondary N) is 3. The Labute approximate surface area is 155 Å². The lowest BCUT2D eigenvalue weighted by atomic mass is 10.2. The summed E-state index contributed by atoms with van der Waals surface area (Å²) in [4.78, 5) is 34.4. The number of benzene rings is 1. The molecular weight excluding hydrogens is 348 g/mol. The van der Waals surface area contributed by atoms with Crippen LogP contribution in [0.2, 0.25) is 0 Å². The molecule has 0 aliphatic carbocycles. The van der Waals surface area contributed by atoms with Gasteiger partial charge in [0.15, 0.2) is 12.4 Å². The number of quaternary nitrogens is 1. The molecule has 2 heterocycles. The van der Waals surface area contributed by atoms with Crippen LogP contribution in [0.4, 0.5) is 0 Å². The summed E-state index contributed by atoms with van der Waals surface area (Å²) in [6.45, 7) is 4.68. The molecule has 0 spiro atoms. The van der Waals surface area contributed by atoms with Crippen molar-refractivity contribution >= 4 is 27.5 Å². The van der Waals surface area contributed by atoms with Gasteiger partial charge in [0.05, 0.1) is 12.4 Å². The highest BCUT2D eigenvalue weighted by Gasteiger charge is 2.15. The first-order chi connectivity index (χ1) is 12.4. The molecule has 3 aromatic rings. The lowest BCUT2D eigenvalue weighted by Gasteiger charge is -2.14. The van der Waals surface area contributed by atoms with E-state index in [0.29, 0.717) is 24.3 Å². The van der Waals surface area contributed by atoms with Gasteiger partial charge in [-0.1, -0.05) is 30.3 Å². The van der Waals surface area contributed by atoms with Gasteiger partial charge in [0.2, 0.25) is 0 Å². The van der Waals surface area contributed by atoms with Crippen LogP contribution in [-0.2, 0) is 11.3 Å². The van der Waals surface area contributed by atoms with Gasteiger partial charge >= 0.3 is 0 Å². The lowest BCUT2D eigenvalue weighted by Crippen LogP contribution is -3.09. The van der Waals surface area contributed by atoms with E-state index in [1.54, 1.807) is 0 Å². The molecule has 26 heavy (non-hydrogen) atoms. The summed E-state index contributed by atoms with van der Waals surface area (Å²) < 4.78 is 0. The average Bonchev–Trinajstić information content (AvgIpc) is 2.99. The molecule has 0 saturated carbocycles. The van der Waals surface area contributed by atoms with Crippen LogP contribution >= 0.6 is 11.3 Å². The summed E-state index contributed by atoms with van der Waals surface area (Å²) in [7, 11) is 1.91. The van der Waals surface area contributed by atoms with E-state index in [4.69, 9.17) is 0 Å². The smallest absolute Gasteiger partial charge is 0.275 e. The molecule has 1 atom stereocenters. The van der Waals surface area contributed by atoms with Crippen LogP contribution in [0, 0.1) is 0 Å². The minimum absolute atomic E-state index is 0.0107. The first-order valence-electron chi connectivity index (χ1n) is 8.61. The number of hydrogen-bond donors (Lipinski definition) is 3. The molecule has 0 aliphatic rings. The van der Waals surface area contributed by atoms with E-state index in [1.165, 1.54) is 11.3 Å². The second-order valence-electron chi connectivity index (χ2n) is 6.74. The molecule has 3 rings (SSSR count). The van der Waals surface area contributed by atoms with Gasteiger partial charge in [-0.25, -0.2) is 4.98 Å². The Bertz CT molecular complexity index is 963. The fraction of sp³-hybridized carbons (Fsp3) is 0.316. The van der Waals surface area contributed by atoms with E-state index in [2.05, 4.69) is 15.3 Å². The number of carbonyl (C=O) groups excluding carboxylic acids is 1. The van der Waals surface area contributed by atoms with Crippen molar-refractivity contribution in [3.8, 4) is 10.4 Å². The largest absolute Gasteiger partial charge is 0.349 e. The zero-order valence-corrected chi connectivity index (χ0v) is 15.9. The van der Waals surface area contributed by atoms with Crippen molar-refractivity contribution in [3.05, 3.63) is 52.6 Å². The minimum Gasteiger partial charge on any atom is -0.349 e. The molecule has 1 unspecified atom stereocenters. The summed E-state index contributed by atoms with van der Waals surface area (Å²) in [6.07, 6.45) is 0. The number of aromatic amines is 1. The fourth-order valence-corrected chi connectivity index (χ4v) is 3.86. The molecule has 136 valence electrons. The van der Waals surface area contributed by atoms with E-state index in [1.807, 2.05) is 57.3 Å². The molecule has 2 aromatic heterocycles. The van der Waals surface area contributed by atoms with Gasteiger partial charge in [0.25, 0.3) is 11.5 Å². The normalized spacial score (nSPS) is 12.5. The Balaban J connectivity index is 1.80. The number of thiophene rings is 1. The van der Waals surface area contributed by atoms with Crippen LogP contribution < -0.4 is 15.8 Å². The zero-order valence-electron chi connectivity index (χ0n) is 15.1. The number of nitrogens with zero attached hydrogens (tertiary/aromatic N) is 1. The SMILES string of the molecule is CC(C)NC(=O)C[NH+](C)Cc1nc2sc(-c3ccccc3)cc2c(=O)[nH]1. The lowest BCUT2D eigenvalue weighted by molar-refractivity contribution is -0.886. The summed E-state index contributed by atoms with van der Waals surface area (Å²) in [5.74, 6) is 0.585. The van der Waals surface area contributed by atoms with E-state index >= 15 is 0 Å². The Morgan fingerprint density at radius 3 is 2.73 bits per heavy atom. The van der Waals surface area contributed by atoms with Crippen molar-refractivity contribution < 1.29 is 9.69 Å². The number of hydrogen-bond acceptors (Lipinski definition) is 4. The Kier molecular flexibility index (Phi) is 5.49. The molecule has 1 aromatic carbocycles. The van der Waals surface area contributed by atoms with E-state index < -0.39 is 0 Å². The highest BCUT2D eigenvalue weighted by atomic mass is 32.1. The number of amides is 1. The number of H-pyrrole nitrogens is 1. The monoisotopic (exact) mass is 371 g/mol.